The molecule has 1 aromatic carbocycles. The molecule has 0 saturated carbocycles. The minimum Gasteiger partial charge on any atom is -0.489 e. The van der Waals surface area contributed by atoms with E-state index in [0.29, 0.717) is 31.0 Å². The molecule has 0 atom stereocenters. The summed E-state index contributed by atoms with van der Waals surface area (Å²) in [5.74, 6) is 0.884. The van der Waals surface area contributed by atoms with E-state index in [2.05, 4.69) is 5.32 Å². The molecule has 0 spiro atoms. The van der Waals surface area contributed by atoms with Crippen molar-refractivity contribution >= 4 is 0 Å². The van der Waals surface area contributed by atoms with Gasteiger partial charge in [0.05, 0.1) is 12.8 Å². The van der Waals surface area contributed by atoms with Crippen LogP contribution >= 0.6 is 0 Å². The van der Waals surface area contributed by atoms with E-state index in [9.17, 15) is 4.39 Å². The van der Waals surface area contributed by atoms with Crippen molar-refractivity contribution in [2.75, 3.05) is 13.2 Å². The number of rotatable bonds is 6. The third-order valence-corrected chi connectivity index (χ3v) is 2.57. The molecule has 3 nitrogen and oxygen atoms in total. The monoisotopic (exact) mass is 249 g/mol. The molecule has 1 aromatic heterocycles. The lowest BCUT2D eigenvalue weighted by Gasteiger charge is -2.08. The molecule has 0 bridgehead atoms. The Morgan fingerprint density at radius 3 is 2.94 bits per heavy atom. The summed E-state index contributed by atoms with van der Waals surface area (Å²) in [7, 11) is 0. The topological polar surface area (TPSA) is 34.4 Å². The van der Waals surface area contributed by atoms with E-state index in [4.69, 9.17) is 9.15 Å². The molecule has 0 saturated heterocycles. The van der Waals surface area contributed by atoms with Crippen molar-refractivity contribution in [2.24, 2.45) is 0 Å². The van der Waals surface area contributed by atoms with Crippen LogP contribution in [-0.4, -0.2) is 13.2 Å². The third kappa shape index (κ3) is 3.34. The van der Waals surface area contributed by atoms with Gasteiger partial charge in [-0.3, -0.25) is 0 Å². The number of benzene rings is 1. The second-order valence-electron chi connectivity index (χ2n) is 3.99. The van der Waals surface area contributed by atoms with E-state index in [-0.39, 0.29) is 5.82 Å². The first-order valence-electron chi connectivity index (χ1n) is 5.88. The predicted molar refractivity (Wildman–Crippen MR) is 67.0 cm³/mol. The minimum atomic E-state index is -0.288. The first kappa shape index (κ1) is 12.6. The Kier molecular flexibility index (Phi) is 4.36. The average molecular weight is 249 g/mol. The van der Waals surface area contributed by atoms with Crippen LogP contribution in [0.3, 0.4) is 0 Å². The summed E-state index contributed by atoms with van der Waals surface area (Å²) in [4.78, 5) is 0. The van der Waals surface area contributed by atoms with Crippen LogP contribution in [0.1, 0.15) is 11.3 Å². The van der Waals surface area contributed by atoms with Gasteiger partial charge in [-0.25, -0.2) is 4.39 Å². The van der Waals surface area contributed by atoms with Crippen LogP contribution in [0.25, 0.3) is 0 Å². The summed E-state index contributed by atoms with van der Waals surface area (Å²) in [5, 5.41) is 3.15. The normalized spacial score (nSPS) is 10.6. The Morgan fingerprint density at radius 2 is 2.17 bits per heavy atom. The highest BCUT2D eigenvalue weighted by atomic mass is 19.1. The van der Waals surface area contributed by atoms with Crippen molar-refractivity contribution in [1.82, 2.24) is 5.32 Å². The molecule has 1 N–H and O–H groups in total. The smallest absolute Gasteiger partial charge is 0.167 e. The predicted octanol–water partition coefficient (Wildman–Crippen LogP) is 2.90. The molecule has 2 rings (SSSR count). The maximum Gasteiger partial charge on any atom is 0.167 e. The molecule has 2 aromatic rings. The van der Waals surface area contributed by atoms with E-state index in [1.54, 1.807) is 31.4 Å². The molecule has 0 radical (unpaired) electrons. The lowest BCUT2D eigenvalue weighted by Crippen LogP contribution is -2.20. The van der Waals surface area contributed by atoms with Gasteiger partial charge >= 0.3 is 0 Å². The first-order chi connectivity index (χ1) is 8.77. The van der Waals surface area contributed by atoms with Crippen molar-refractivity contribution in [3.8, 4) is 5.75 Å². The Bertz CT molecular complexity index is 483. The van der Waals surface area contributed by atoms with Gasteiger partial charge in [0, 0.05) is 6.54 Å². The second kappa shape index (κ2) is 6.21. The largest absolute Gasteiger partial charge is 0.489 e. The van der Waals surface area contributed by atoms with Crippen LogP contribution in [-0.2, 0) is 6.54 Å². The van der Waals surface area contributed by atoms with Gasteiger partial charge < -0.3 is 14.5 Å². The molecule has 0 aliphatic rings. The highest BCUT2D eigenvalue weighted by Crippen LogP contribution is 2.19. The zero-order valence-electron chi connectivity index (χ0n) is 10.3. The van der Waals surface area contributed by atoms with Crippen molar-refractivity contribution < 1.29 is 13.5 Å². The summed E-state index contributed by atoms with van der Waals surface area (Å²) in [6.07, 6.45) is 1.63. The number of ether oxygens (including phenoxy) is 1. The highest BCUT2D eigenvalue weighted by molar-refractivity contribution is 5.30. The number of halogens is 1. The van der Waals surface area contributed by atoms with Gasteiger partial charge in [0.25, 0.3) is 0 Å². The van der Waals surface area contributed by atoms with Gasteiger partial charge in [-0.05, 0) is 30.7 Å². The van der Waals surface area contributed by atoms with Crippen molar-refractivity contribution in [3.05, 3.63) is 53.7 Å². The zero-order chi connectivity index (χ0) is 12.8. The zero-order valence-corrected chi connectivity index (χ0v) is 10.3. The van der Waals surface area contributed by atoms with Gasteiger partial charge in [-0.1, -0.05) is 12.1 Å². The van der Waals surface area contributed by atoms with Gasteiger partial charge in [-0.15, -0.1) is 0 Å². The summed E-state index contributed by atoms with van der Waals surface area (Å²) in [5.41, 5.74) is 0.594. The van der Waals surface area contributed by atoms with Crippen LogP contribution in [0.15, 0.2) is 41.0 Å². The van der Waals surface area contributed by atoms with E-state index < -0.39 is 0 Å². The quantitative estimate of drug-likeness (QED) is 0.799. The number of nitrogens with one attached hydrogen (secondary N) is 1. The molecular weight excluding hydrogens is 233 g/mol. The fraction of sp³-hybridized carbons (Fsp3) is 0.286. The van der Waals surface area contributed by atoms with Crippen LogP contribution in [0, 0.1) is 12.7 Å². The standard InChI is InChI=1S/C14H16FNO2/c1-11-4-2-6-13(14(11)15)18-9-7-16-10-12-5-3-8-17-12/h2-6,8,16H,7,9-10H2,1H3. The molecule has 0 aliphatic heterocycles. The van der Waals surface area contributed by atoms with E-state index in [0.717, 1.165) is 5.76 Å². The van der Waals surface area contributed by atoms with Gasteiger partial charge in [0.1, 0.15) is 12.4 Å². The summed E-state index contributed by atoms with van der Waals surface area (Å²) in [6.45, 7) is 3.42. The molecule has 0 aliphatic carbocycles. The number of hydrogen-bond acceptors (Lipinski definition) is 3. The number of hydrogen-bond donors (Lipinski definition) is 1. The Balaban J connectivity index is 1.70. The van der Waals surface area contributed by atoms with Crippen LogP contribution in [0.2, 0.25) is 0 Å². The molecule has 0 amide bonds. The number of furan rings is 1. The van der Waals surface area contributed by atoms with Crippen molar-refractivity contribution in [3.63, 3.8) is 0 Å². The molecule has 4 heteroatoms. The second-order valence-corrected chi connectivity index (χ2v) is 3.99. The van der Waals surface area contributed by atoms with E-state index in [1.807, 2.05) is 12.1 Å². The molecule has 96 valence electrons. The average Bonchev–Trinajstić information content (AvgIpc) is 2.87. The number of aryl methyl sites for hydroxylation is 1. The van der Waals surface area contributed by atoms with E-state index >= 15 is 0 Å². The molecule has 0 fully saturated rings. The summed E-state index contributed by atoms with van der Waals surface area (Å²) < 4.78 is 24.1. The van der Waals surface area contributed by atoms with Crippen LogP contribution in [0.5, 0.6) is 5.75 Å². The first-order valence-corrected chi connectivity index (χ1v) is 5.88. The SMILES string of the molecule is Cc1cccc(OCCNCc2ccco2)c1F. The van der Waals surface area contributed by atoms with Crippen LogP contribution in [0.4, 0.5) is 4.39 Å². The maximum atomic E-state index is 13.6. The summed E-state index contributed by atoms with van der Waals surface area (Å²) in [6, 6.07) is 8.87. The Morgan fingerprint density at radius 1 is 1.28 bits per heavy atom. The lowest BCUT2D eigenvalue weighted by atomic mass is 10.2. The highest BCUT2D eigenvalue weighted by Gasteiger charge is 2.04. The molecule has 0 unspecified atom stereocenters. The maximum absolute atomic E-state index is 13.6. The molecule has 1 heterocycles. The van der Waals surface area contributed by atoms with Crippen molar-refractivity contribution in [1.29, 1.82) is 0 Å². The van der Waals surface area contributed by atoms with Gasteiger partial charge in [0.2, 0.25) is 0 Å². The van der Waals surface area contributed by atoms with Gasteiger partial charge in [0.15, 0.2) is 11.6 Å². The van der Waals surface area contributed by atoms with Crippen molar-refractivity contribution in [2.45, 2.75) is 13.5 Å². The Labute approximate surface area is 106 Å². The molecular formula is C14H16FNO2. The van der Waals surface area contributed by atoms with E-state index in [1.165, 1.54) is 0 Å². The Hall–Kier alpha value is -1.81. The van der Waals surface area contributed by atoms with Crippen LogP contribution < -0.4 is 10.1 Å². The minimum absolute atomic E-state index is 0.288. The third-order valence-electron chi connectivity index (χ3n) is 2.57. The van der Waals surface area contributed by atoms with Gasteiger partial charge in [-0.2, -0.15) is 0 Å². The molecule has 18 heavy (non-hydrogen) atoms. The lowest BCUT2D eigenvalue weighted by molar-refractivity contribution is 0.295. The fourth-order valence-corrected chi connectivity index (χ4v) is 1.59. The fourth-order valence-electron chi connectivity index (χ4n) is 1.59. The summed E-state index contributed by atoms with van der Waals surface area (Å²) >= 11 is 0.